The second kappa shape index (κ2) is 6.98. The normalized spacial score (nSPS) is 11.0. The number of nitrogens with zero attached hydrogens (tertiary/aromatic N) is 3. The lowest BCUT2D eigenvalue weighted by Gasteiger charge is -2.08. The fourth-order valence-electron chi connectivity index (χ4n) is 3.21. The van der Waals surface area contributed by atoms with Gasteiger partial charge in [0.25, 0.3) is 11.5 Å². The highest BCUT2D eigenvalue weighted by Crippen LogP contribution is 2.25. The Labute approximate surface area is 166 Å². The van der Waals surface area contributed by atoms with E-state index in [9.17, 15) is 9.59 Å². The van der Waals surface area contributed by atoms with Gasteiger partial charge in [-0.15, -0.1) is 0 Å². The summed E-state index contributed by atoms with van der Waals surface area (Å²) in [5.74, 6) is -0.411. The van der Waals surface area contributed by atoms with E-state index in [1.54, 1.807) is 49.1 Å². The standard InChI is InChI=1S/C21H17ClN4O2/c1-13-18(21(28)26(25(13)2)14-7-4-3-5-8-14)24-20(27)16-10-11-17(22)15-9-6-12-23-19(15)16/h3-12H,1-2H3,(H,24,27). The molecule has 28 heavy (non-hydrogen) atoms. The lowest BCUT2D eigenvalue weighted by molar-refractivity contribution is 0.102. The van der Waals surface area contributed by atoms with Gasteiger partial charge in [-0.05, 0) is 43.3 Å². The number of carbonyl (C=O) groups is 1. The summed E-state index contributed by atoms with van der Waals surface area (Å²) in [7, 11) is 1.78. The van der Waals surface area contributed by atoms with E-state index < -0.39 is 5.91 Å². The molecule has 7 heteroatoms. The molecule has 0 unspecified atom stereocenters. The molecule has 0 atom stereocenters. The van der Waals surface area contributed by atoms with Crippen LogP contribution in [0.25, 0.3) is 16.6 Å². The summed E-state index contributed by atoms with van der Waals surface area (Å²) < 4.78 is 3.23. The molecule has 0 saturated heterocycles. The molecule has 0 fully saturated rings. The summed E-state index contributed by atoms with van der Waals surface area (Å²) in [4.78, 5) is 30.2. The first kappa shape index (κ1) is 18.0. The van der Waals surface area contributed by atoms with E-state index in [4.69, 9.17) is 11.6 Å². The van der Waals surface area contributed by atoms with Crippen LogP contribution in [-0.4, -0.2) is 20.3 Å². The third-order valence-corrected chi connectivity index (χ3v) is 5.08. The number of halogens is 1. The van der Waals surface area contributed by atoms with Crippen LogP contribution >= 0.6 is 11.6 Å². The van der Waals surface area contributed by atoms with Crippen molar-refractivity contribution in [2.75, 3.05) is 5.32 Å². The number of amides is 1. The van der Waals surface area contributed by atoms with Gasteiger partial charge in [-0.1, -0.05) is 29.8 Å². The number of nitrogens with one attached hydrogen (secondary N) is 1. The molecule has 0 bridgehead atoms. The maximum Gasteiger partial charge on any atom is 0.295 e. The van der Waals surface area contributed by atoms with E-state index in [1.165, 1.54) is 4.68 Å². The molecule has 4 rings (SSSR count). The zero-order valence-electron chi connectivity index (χ0n) is 15.3. The van der Waals surface area contributed by atoms with Gasteiger partial charge in [0, 0.05) is 18.6 Å². The third kappa shape index (κ3) is 2.88. The van der Waals surface area contributed by atoms with Crippen LogP contribution in [-0.2, 0) is 7.05 Å². The average molecular weight is 393 g/mol. The van der Waals surface area contributed by atoms with Gasteiger partial charge in [-0.25, -0.2) is 4.68 Å². The predicted molar refractivity (Wildman–Crippen MR) is 110 cm³/mol. The molecular formula is C21H17ClN4O2. The molecule has 2 aromatic heterocycles. The topological polar surface area (TPSA) is 68.9 Å². The lowest BCUT2D eigenvalue weighted by atomic mass is 10.1. The molecule has 2 aromatic carbocycles. The zero-order chi connectivity index (χ0) is 19.8. The molecule has 6 nitrogen and oxygen atoms in total. The van der Waals surface area contributed by atoms with Crippen LogP contribution in [0.1, 0.15) is 16.1 Å². The third-order valence-electron chi connectivity index (χ3n) is 4.75. The Morgan fingerprint density at radius 3 is 2.57 bits per heavy atom. The van der Waals surface area contributed by atoms with Crippen molar-refractivity contribution in [3.8, 4) is 5.69 Å². The number of fused-ring (bicyclic) bond motifs is 1. The van der Waals surface area contributed by atoms with E-state index in [-0.39, 0.29) is 11.2 Å². The molecule has 0 aliphatic rings. The van der Waals surface area contributed by atoms with Crippen LogP contribution in [0.5, 0.6) is 0 Å². The number of hydrogen-bond acceptors (Lipinski definition) is 3. The number of anilines is 1. The van der Waals surface area contributed by atoms with E-state index in [0.29, 0.717) is 27.2 Å². The van der Waals surface area contributed by atoms with Gasteiger partial charge in [0.05, 0.1) is 27.5 Å². The molecule has 1 amide bonds. The second-order valence-corrected chi connectivity index (χ2v) is 6.79. The number of hydrogen-bond donors (Lipinski definition) is 1. The summed E-state index contributed by atoms with van der Waals surface area (Å²) in [5.41, 5.74) is 2.14. The van der Waals surface area contributed by atoms with Crippen molar-refractivity contribution in [2.45, 2.75) is 6.92 Å². The number of benzene rings is 2. The fraction of sp³-hybridized carbons (Fsp3) is 0.0952. The molecule has 0 aliphatic heterocycles. The van der Waals surface area contributed by atoms with Crippen molar-refractivity contribution in [3.05, 3.63) is 87.4 Å². The Morgan fingerprint density at radius 2 is 1.82 bits per heavy atom. The Bertz CT molecular complexity index is 1260. The van der Waals surface area contributed by atoms with Crippen LogP contribution < -0.4 is 10.9 Å². The van der Waals surface area contributed by atoms with Crippen molar-refractivity contribution in [3.63, 3.8) is 0 Å². The van der Waals surface area contributed by atoms with Crippen molar-refractivity contribution in [2.24, 2.45) is 7.05 Å². The van der Waals surface area contributed by atoms with Gasteiger partial charge < -0.3 is 5.32 Å². The van der Waals surface area contributed by atoms with Gasteiger partial charge in [0.2, 0.25) is 0 Å². The van der Waals surface area contributed by atoms with Gasteiger partial charge in [-0.3, -0.25) is 19.3 Å². The summed E-state index contributed by atoms with van der Waals surface area (Å²) in [6, 6.07) is 16.1. The van der Waals surface area contributed by atoms with Crippen LogP contribution in [0.2, 0.25) is 5.02 Å². The maximum atomic E-state index is 13.0. The van der Waals surface area contributed by atoms with Crippen molar-refractivity contribution < 1.29 is 4.79 Å². The maximum absolute atomic E-state index is 13.0. The smallest absolute Gasteiger partial charge is 0.295 e. The van der Waals surface area contributed by atoms with Gasteiger partial charge in [0.1, 0.15) is 5.69 Å². The van der Waals surface area contributed by atoms with E-state index in [0.717, 1.165) is 5.69 Å². The minimum Gasteiger partial charge on any atom is -0.316 e. The summed E-state index contributed by atoms with van der Waals surface area (Å²) >= 11 is 6.21. The van der Waals surface area contributed by atoms with Crippen molar-refractivity contribution in [1.82, 2.24) is 14.3 Å². The zero-order valence-corrected chi connectivity index (χ0v) is 16.1. The van der Waals surface area contributed by atoms with E-state index in [1.807, 2.05) is 30.3 Å². The Balaban J connectivity index is 1.78. The van der Waals surface area contributed by atoms with Crippen LogP contribution in [0, 0.1) is 6.92 Å². The van der Waals surface area contributed by atoms with Gasteiger partial charge >= 0.3 is 0 Å². The molecule has 0 radical (unpaired) electrons. The highest BCUT2D eigenvalue weighted by Gasteiger charge is 2.20. The molecule has 140 valence electrons. The summed E-state index contributed by atoms with van der Waals surface area (Å²) in [5, 5.41) is 3.96. The first-order valence-electron chi connectivity index (χ1n) is 8.67. The Morgan fingerprint density at radius 1 is 1.07 bits per heavy atom. The molecule has 0 spiro atoms. The van der Waals surface area contributed by atoms with Crippen molar-refractivity contribution >= 4 is 34.1 Å². The first-order valence-corrected chi connectivity index (χ1v) is 9.05. The molecular weight excluding hydrogens is 376 g/mol. The molecule has 1 N–H and O–H groups in total. The second-order valence-electron chi connectivity index (χ2n) is 6.39. The first-order chi connectivity index (χ1) is 13.5. The predicted octanol–water partition coefficient (Wildman–Crippen LogP) is 3.94. The van der Waals surface area contributed by atoms with Crippen LogP contribution in [0.15, 0.2) is 65.6 Å². The number of rotatable bonds is 3. The van der Waals surface area contributed by atoms with Gasteiger partial charge in [0.15, 0.2) is 0 Å². The highest BCUT2D eigenvalue weighted by atomic mass is 35.5. The number of para-hydroxylation sites is 1. The lowest BCUT2D eigenvalue weighted by Crippen LogP contribution is -2.23. The number of aromatic nitrogens is 3. The SMILES string of the molecule is Cc1c(NC(=O)c2ccc(Cl)c3cccnc23)c(=O)n(-c2ccccc2)n1C. The van der Waals surface area contributed by atoms with E-state index >= 15 is 0 Å². The molecule has 0 aliphatic carbocycles. The number of pyridine rings is 1. The van der Waals surface area contributed by atoms with E-state index in [2.05, 4.69) is 10.3 Å². The highest BCUT2D eigenvalue weighted by molar-refractivity contribution is 6.36. The summed E-state index contributed by atoms with van der Waals surface area (Å²) in [6.07, 6.45) is 1.60. The van der Waals surface area contributed by atoms with Gasteiger partial charge in [-0.2, -0.15) is 0 Å². The molecule has 4 aromatic rings. The molecule has 0 saturated carbocycles. The van der Waals surface area contributed by atoms with Crippen LogP contribution in [0.4, 0.5) is 5.69 Å². The largest absolute Gasteiger partial charge is 0.316 e. The minimum atomic E-state index is -0.411. The molecule has 2 heterocycles. The average Bonchev–Trinajstić information content (AvgIpc) is 2.92. The fourth-order valence-corrected chi connectivity index (χ4v) is 3.43. The number of carbonyl (C=O) groups excluding carboxylic acids is 1. The Hall–Kier alpha value is -3.38. The monoisotopic (exact) mass is 392 g/mol. The Kier molecular flexibility index (Phi) is 4.49. The van der Waals surface area contributed by atoms with Crippen molar-refractivity contribution in [1.29, 1.82) is 0 Å². The minimum absolute atomic E-state index is 0.232. The quantitative estimate of drug-likeness (QED) is 0.574. The van der Waals surface area contributed by atoms with Crippen LogP contribution in [0.3, 0.4) is 0 Å². The summed E-state index contributed by atoms with van der Waals surface area (Å²) in [6.45, 7) is 1.79.